The largest absolute Gasteiger partial charge is 0.394 e. The summed E-state index contributed by atoms with van der Waals surface area (Å²) in [5.74, 6) is 1.17. The minimum Gasteiger partial charge on any atom is -0.394 e. The van der Waals surface area contributed by atoms with E-state index in [9.17, 15) is 5.11 Å². The van der Waals surface area contributed by atoms with Crippen molar-refractivity contribution in [1.29, 1.82) is 0 Å². The molecule has 0 bridgehead atoms. The average Bonchev–Trinajstić information content (AvgIpc) is 3.01. The summed E-state index contributed by atoms with van der Waals surface area (Å²) in [6.07, 6.45) is 3.93. The van der Waals surface area contributed by atoms with Crippen LogP contribution in [0, 0.1) is 5.92 Å². The maximum Gasteiger partial charge on any atom is 0.190 e. The average molecular weight is 228 g/mol. The van der Waals surface area contributed by atoms with Crippen molar-refractivity contribution >= 4 is 11.8 Å². The highest BCUT2D eigenvalue weighted by molar-refractivity contribution is 7.99. The normalized spacial score (nSPS) is 20.2. The number of aliphatic hydroxyl groups is 1. The first-order chi connectivity index (χ1) is 7.15. The minimum atomic E-state index is -0.448. The van der Waals surface area contributed by atoms with Crippen molar-refractivity contribution in [2.24, 2.45) is 18.7 Å². The molecule has 2 rings (SSSR count). The molecule has 0 aliphatic heterocycles. The second kappa shape index (κ2) is 4.11. The molecule has 1 aliphatic carbocycles. The molecule has 0 radical (unpaired) electrons. The number of nitrogens with two attached hydrogens (primary N) is 1. The molecular weight excluding hydrogens is 212 g/mol. The number of hydrogen-bond donors (Lipinski definition) is 2. The summed E-state index contributed by atoms with van der Waals surface area (Å²) in [5.41, 5.74) is 5.69. The lowest BCUT2D eigenvalue weighted by atomic mass is 9.99. The monoisotopic (exact) mass is 228 g/mol. The van der Waals surface area contributed by atoms with Gasteiger partial charge < -0.3 is 15.4 Å². The van der Waals surface area contributed by atoms with Gasteiger partial charge in [0.15, 0.2) is 5.16 Å². The molecule has 84 valence electrons. The molecule has 1 fully saturated rings. The fourth-order valence-corrected chi connectivity index (χ4v) is 2.63. The number of hydrogen-bond acceptors (Lipinski definition) is 5. The lowest BCUT2D eigenvalue weighted by molar-refractivity contribution is 0.194. The zero-order valence-electron chi connectivity index (χ0n) is 8.76. The Morgan fingerprint density at radius 2 is 2.47 bits per heavy atom. The Labute approximate surface area is 93.1 Å². The van der Waals surface area contributed by atoms with Gasteiger partial charge in [-0.15, -0.1) is 10.2 Å². The van der Waals surface area contributed by atoms with Gasteiger partial charge in [-0.05, 0) is 18.8 Å². The highest BCUT2D eigenvalue weighted by Gasteiger charge is 2.41. The van der Waals surface area contributed by atoms with Crippen LogP contribution in [-0.2, 0) is 7.05 Å². The molecule has 0 spiro atoms. The summed E-state index contributed by atoms with van der Waals surface area (Å²) < 4.78 is 1.86. The molecule has 1 heterocycles. The topological polar surface area (TPSA) is 77.0 Å². The summed E-state index contributed by atoms with van der Waals surface area (Å²) in [4.78, 5) is 0. The van der Waals surface area contributed by atoms with Crippen LogP contribution in [0.1, 0.15) is 12.8 Å². The molecule has 1 atom stereocenters. The van der Waals surface area contributed by atoms with Gasteiger partial charge in [0.1, 0.15) is 6.33 Å². The van der Waals surface area contributed by atoms with Gasteiger partial charge in [0.05, 0.1) is 12.1 Å². The standard InChI is InChI=1S/C9H16N4OS/c1-13-6-11-12-8(13)15-5-9(10,4-14)7-2-3-7/h6-7,14H,2-5,10H2,1H3. The number of aromatic nitrogens is 3. The number of thioether (sulfide) groups is 1. The fourth-order valence-electron chi connectivity index (χ4n) is 1.55. The van der Waals surface area contributed by atoms with Crippen LogP contribution in [0.4, 0.5) is 0 Å². The van der Waals surface area contributed by atoms with E-state index in [-0.39, 0.29) is 6.61 Å². The van der Waals surface area contributed by atoms with Crippen LogP contribution < -0.4 is 5.73 Å². The van der Waals surface area contributed by atoms with Gasteiger partial charge in [-0.2, -0.15) is 0 Å². The molecule has 1 aromatic rings. The summed E-state index contributed by atoms with van der Waals surface area (Å²) in [7, 11) is 1.90. The molecule has 0 amide bonds. The lowest BCUT2D eigenvalue weighted by Crippen LogP contribution is -2.48. The van der Waals surface area contributed by atoms with Crippen LogP contribution in [0.25, 0.3) is 0 Å². The van der Waals surface area contributed by atoms with Crippen LogP contribution >= 0.6 is 11.8 Å². The lowest BCUT2D eigenvalue weighted by Gasteiger charge is -2.26. The van der Waals surface area contributed by atoms with E-state index in [1.807, 2.05) is 11.6 Å². The van der Waals surface area contributed by atoms with Gasteiger partial charge in [-0.25, -0.2) is 0 Å². The minimum absolute atomic E-state index is 0.0442. The third-order valence-corrected chi connectivity index (χ3v) is 4.13. The molecule has 6 heteroatoms. The van der Waals surface area contributed by atoms with Gasteiger partial charge >= 0.3 is 0 Å². The van der Waals surface area contributed by atoms with E-state index in [0.29, 0.717) is 11.7 Å². The maximum absolute atomic E-state index is 9.31. The highest BCUT2D eigenvalue weighted by atomic mass is 32.2. The second-order valence-electron chi connectivity index (χ2n) is 4.18. The molecule has 5 nitrogen and oxygen atoms in total. The van der Waals surface area contributed by atoms with E-state index in [1.54, 1.807) is 18.1 Å². The molecule has 1 aromatic heterocycles. The van der Waals surface area contributed by atoms with E-state index in [1.165, 1.54) is 0 Å². The van der Waals surface area contributed by atoms with E-state index in [0.717, 1.165) is 18.0 Å². The Kier molecular flexibility index (Phi) is 2.99. The van der Waals surface area contributed by atoms with Crippen molar-refractivity contribution in [1.82, 2.24) is 14.8 Å². The van der Waals surface area contributed by atoms with Gasteiger partial charge in [0.25, 0.3) is 0 Å². The SMILES string of the molecule is Cn1cnnc1SCC(N)(CO)C1CC1. The molecule has 1 unspecified atom stereocenters. The number of nitrogens with zero attached hydrogens (tertiary/aromatic N) is 3. The predicted molar refractivity (Wildman–Crippen MR) is 58.5 cm³/mol. The first-order valence-corrected chi connectivity index (χ1v) is 6.01. The van der Waals surface area contributed by atoms with Crippen LogP contribution in [0.2, 0.25) is 0 Å². The second-order valence-corrected chi connectivity index (χ2v) is 5.12. The zero-order valence-corrected chi connectivity index (χ0v) is 9.57. The van der Waals surface area contributed by atoms with E-state index >= 15 is 0 Å². The van der Waals surface area contributed by atoms with Crippen LogP contribution in [0.5, 0.6) is 0 Å². The van der Waals surface area contributed by atoms with Crippen molar-refractivity contribution in [3.63, 3.8) is 0 Å². The zero-order chi connectivity index (χ0) is 10.9. The molecule has 15 heavy (non-hydrogen) atoms. The van der Waals surface area contributed by atoms with E-state index < -0.39 is 5.54 Å². The van der Waals surface area contributed by atoms with Gasteiger partial charge in [0.2, 0.25) is 0 Å². The van der Waals surface area contributed by atoms with Crippen molar-refractivity contribution in [3.05, 3.63) is 6.33 Å². The van der Waals surface area contributed by atoms with Crippen molar-refractivity contribution in [3.8, 4) is 0 Å². The van der Waals surface area contributed by atoms with Crippen LogP contribution in [-0.4, -0.2) is 37.8 Å². The Bertz CT molecular complexity index is 339. The van der Waals surface area contributed by atoms with Crippen LogP contribution in [0.3, 0.4) is 0 Å². The first kappa shape index (κ1) is 10.9. The third-order valence-electron chi connectivity index (χ3n) is 2.82. The Balaban J connectivity index is 1.94. The summed E-state index contributed by atoms with van der Waals surface area (Å²) in [5, 5.41) is 17.9. The van der Waals surface area contributed by atoms with Crippen LogP contribution in [0.15, 0.2) is 11.5 Å². The van der Waals surface area contributed by atoms with Gasteiger partial charge in [-0.3, -0.25) is 0 Å². The Morgan fingerprint density at radius 1 is 1.73 bits per heavy atom. The molecule has 3 N–H and O–H groups in total. The Morgan fingerprint density at radius 3 is 2.93 bits per heavy atom. The van der Waals surface area contributed by atoms with E-state index in [2.05, 4.69) is 10.2 Å². The maximum atomic E-state index is 9.31. The molecular formula is C9H16N4OS. The summed E-state index contributed by atoms with van der Waals surface area (Å²) in [6, 6.07) is 0. The first-order valence-electron chi connectivity index (χ1n) is 5.02. The number of aliphatic hydroxyl groups excluding tert-OH is 1. The number of aryl methyl sites for hydroxylation is 1. The quantitative estimate of drug-likeness (QED) is 0.694. The van der Waals surface area contributed by atoms with E-state index in [4.69, 9.17) is 5.73 Å². The molecule has 0 aromatic carbocycles. The Hall–Kier alpha value is -0.590. The van der Waals surface area contributed by atoms with Crippen molar-refractivity contribution < 1.29 is 5.11 Å². The van der Waals surface area contributed by atoms with Gasteiger partial charge in [0, 0.05) is 12.8 Å². The summed E-state index contributed by atoms with van der Waals surface area (Å²) >= 11 is 1.56. The van der Waals surface area contributed by atoms with Crippen molar-refractivity contribution in [2.75, 3.05) is 12.4 Å². The number of rotatable bonds is 5. The molecule has 1 saturated carbocycles. The fraction of sp³-hybridized carbons (Fsp3) is 0.778. The smallest absolute Gasteiger partial charge is 0.190 e. The predicted octanol–water partition coefficient (Wildman–Crippen LogP) is 0.00700. The summed E-state index contributed by atoms with van der Waals surface area (Å²) in [6.45, 7) is 0.0442. The molecule has 0 saturated heterocycles. The highest BCUT2D eigenvalue weighted by Crippen LogP contribution is 2.40. The third kappa shape index (κ3) is 2.32. The van der Waals surface area contributed by atoms with Gasteiger partial charge in [-0.1, -0.05) is 11.8 Å². The molecule has 1 aliphatic rings. The van der Waals surface area contributed by atoms with Crippen molar-refractivity contribution in [2.45, 2.75) is 23.5 Å².